The van der Waals surface area contributed by atoms with E-state index in [1.807, 2.05) is 17.5 Å². The van der Waals surface area contributed by atoms with E-state index >= 15 is 0 Å². The Kier molecular flexibility index (Phi) is 5.49. The molecule has 5 heteroatoms. The molecule has 4 nitrogen and oxygen atoms in total. The molecule has 0 aliphatic carbocycles. The number of rotatable bonds is 6. The summed E-state index contributed by atoms with van der Waals surface area (Å²) in [6.45, 7) is 1.56. The Labute approximate surface area is 133 Å². The second-order valence-corrected chi connectivity index (χ2v) is 5.50. The number of benzene rings is 1. The van der Waals surface area contributed by atoms with Gasteiger partial charge in [-0.05, 0) is 48.7 Å². The van der Waals surface area contributed by atoms with E-state index in [-0.39, 0.29) is 5.78 Å². The number of carbonyl (C=O) groups excluding carboxylic acids is 2. The summed E-state index contributed by atoms with van der Waals surface area (Å²) in [5.41, 5.74) is 0.475. The van der Waals surface area contributed by atoms with Crippen molar-refractivity contribution in [2.24, 2.45) is 0 Å². The van der Waals surface area contributed by atoms with Crippen LogP contribution in [0.1, 0.15) is 22.2 Å². The van der Waals surface area contributed by atoms with Crippen molar-refractivity contribution in [1.82, 2.24) is 0 Å². The van der Waals surface area contributed by atoms with Gasteiger partial charge in [-0.3, -0.25) is 4.79 Å². The molecule has 0 aliphatic heterocycles. The van der Waals surface area contributed by atoms with E-state index < -0.39 is 12.1 Å². The largest absolute Gasteiger partial charge is 0.497 e. The summed E-state index contributed by atoms with van der Waals surface area (Å²) in [5, 5.41) is 1.92. The van der Waals surface area contributed by atoms with Crippen molar-refractivity contribution in [3.8, 4) is 5.75 Å². The Balaban J connectivity index is 1.94. The molecular weight excluding hydrogens is 300 g/mol. The van der Waals surface area contributed by atoms with Gasteiger partial charge in [-0.2, -0.15) is 0 Å². The van der Waals surface area contributed by atoms with Crippen LogP contribution in [0.3, 0.4) is 0 Å². The zero-order chi connectivity index (χ0) is 15.9. The number of hydrogen-bond acceptors (Lipinski definition) is 5. The Hall–Kier alpha value is -2.40. The lowest BCUT2D eigenvalue weighted by atomic mass is 10.1. The molecular formula is C17H16O4S. The molecule has 1 aromatic heterocycles. The molecule has 0 radical (unpaired) electrons. The second kappa shape index (κ2) is 7.56. The monoisotopic (exact) mass is 316 g/mol. The number of hydrogen-bond donors (Lipinski definition) is 0. The van der Waals surface area contributed by atoms with Crippen molar-refractivity contribution in [2.75, 3.05) is 7.11 Å². The number of methoxy groups -OCH3 is 1. The molecule has 0 aliphatic rings. The highest BCUT2D eigenvalue weighted by Gasteiger charge is 2.18. The molecule has 0 bridgehead atoms. The van der Waals surface area contributed by atoms with Crippen LogP contribution < -0.4 is 4.74 Å². The molecule has 1 atom stereocenters. The Morgan fingerprint density at radius 3 is 2.50 bits per heavy atom. The van der Waals surface area contributed by atoms with Crippen molar-refractivity contribution in [3.05, 3.63) is 58.3 Å². The lowest BCUT2D eigenvalue weighted by molar-refractivity contribution is -0.140. The van der Waals surface area contributed by atoms with E-state index in [1.165, 1.54) is 17.4 Å². The minimum absolute atomic E-state index is 0.250. The number of thiophene rings is 1. The van der Waals surface area contributed by atoms with E-state index in [1.54, 1.807) is 44.4 Å². The van der Waals surface area contributed by atoms with Crippen LogP contribution in [0.15, 0.2) is 47.9 Å². The van der Waals surface area contributed by atoms with Crippen molar-refractivity contribution in [2.45, 2.75) is 13.0 Å². The van der Waals surface area contributed by atoms with Crippen molar-refractivity contribution in [3.63, 3.8) is 0 Å². The van der Waals surface area contributed by atoms with Crippen LogP contribution in [0, 0.1) is 0 Å². The first-order chi connectivity index (χ1) is 10.6. The van der Waals surface area contributed by atoms with Gasteiger partial charge in [-0.15, -0.1) is 11.3 Å². The highest BCUT2D eigenvalue weighted by molar-refractivity contribution is 7.10. The standard InChI is InChI=1S/C17H16O4S/c1-12(17(19)13-5-7-14(20-2)8-6-13)21-16(18)10-9-15-4-3-11-22-15/h3-12H,1-2H3/b10-9+/t12-/m0/s1. The SMILES string of the molecule is COc1ccc(C(=O)[C@H](C)OC(=O)/C=C/c2cccs2)cc1. The van der Waals surface area contributed by atoms with E-state index in [9.17, 15) is 9.59 Å². The first-order valence-electron chi connectivity index (χ1n) is 6.70. The Morgan fingerprint density at radius 1 is 1.18 bits per heavy atom. The maximum absolute atomic E-state index is 12.2. The predicted molar refractivity (Wildman–Crippen MR) is 86.2 cm³/mol. The first-order valence-corrected chi connectivity index (χ1v) is 7.58. The van der Waals surface area contributed by atoms with Crippen LogP contribution in [0.4, 0.5) is 0 Å². The predicted octanol–water partition coefficient (Wildman–Crippen LogP) is 3.58. The highest BCUT2D eigenvalue weighted by atomic mass is 32.1. The number of esters is 1. The Morgan fingerprint density at radius 2 is 1.91 bits per heavy atom. The smallest absolute Gasteiger partial charge is 0.331 e. The molecule has 0 unspecified atom stereocenters. The fraction of sp³-hybridized carbons (Fsp3) is 0.176. The summed E-state index contributed by atoms with van der Waals surface area (Å²) in [7, 11) is 1.56. The third-order valence-electron chi connectivity index (χ3n) is 2.96. The zero-order valence-corrected chi connectivity index (χ0v) is 13.1. The van der Waals surface area contributed by atoms with Crippen LogP contribution in [0.5, 0.6) is 5.75 Å². The van der Waals surface area contributed by atoms with Gasteiger partial charge in [0.1, 0.15) is 5.75 Å². The summed E-state index contributed by atoms with van der Waals surface area (Å²) >= 11 is 1.52. The summed E-state index contributed by atoms with van der Waals surface area (Å²) in [4.78, 5) is 24.8. The lowest BCUT2D eigenvalue weighted by Crippen LogP contribution is -2.23. The second-order valence-electron chi connectivity index (χ2n) is 4.52. The molecule has 114 valence electrons. The summed E-state index contributed by atoms with van der Waals surface area (Å²) in [5.74, 6) is -0.122. The molecule has 0 spiro atoms. The van der Waals surface area contributed by atoms with Crippen LogP contribution in [-0.2, 0) is 9.53 Å². The van der Waals surface area contributed by atoms with Gasteiger partial charge in [-0.1, -0.05) is 6.07 Å². The molecule has 22 heavy (non-hydrogen) atoms. The molecule has 2 aromatic rings. The molecule has 0 fully saturated rings. The maximum Gasteiger partial charge on any atom is 0.331 e. The molecule has 0 saturated heterocycles. The number of ether oxygens (including phenoxy) is 2. The summed E-state index contributed by atoms with van der Waals surface area (Å²) < 4.78 is 10.2. The van der Waals surface area contributed by atoms with Gasteiger partial charge in [-0.25, -0.2) is 4.79 Å². The highest BCUT2D eigenvalue weighted by Crippen LogP contribution is 2.14. The summed E-state index contributed by atoms with van der Waals surface area (Å²) in [6.07, 6.45) is 2.15. The van der Waals surface area contributed by atoms with Gasteiger partial charge in [0.15, 0.2) is 6.10 Å². The van der Waals surface area contributed by atoms with Gasteiger partial charge in [0.2, 0.25) is 5.78 Å². The van der Waals surface area contributed by atoms with Crippen LogP contribution in [0.25, 0.3) is 6.08 Å². The molecule has 2 rings (SSSR count). The van der Waals surface area contributed by atoms with E-state index in [0.717, 1.165) is 4.88 Å². The van der Waals surface area contributed by atoms with Crippen LogP contribution >= 0.6 is 11.3 Å². The molecule has 1 aromatic carbocycles. The zero-order valence-electron chi connectivity index (χ0n) is 12.3. The number of Topliss-reactive ketones (excluding diaryl/α,β-unsaturated/α-hetero) is 1. The Bertz CT molecular complexity index is 656. The van der Waals surface area contributed by atoms with E-state index in [0.29, 0.717) is 11.3 Å². The van der Waals surface area contributed by atoms with Gasteiger partial charge >= 0.3 is 5.97 Å². The number of ketones is 1. The summed E-state index contributed by atoms with van der Waals surface area (Å²) in [6, 6.07) is 10.5. The van der Waals surface area contributed by atoms with E-state index in [4.69, 9.17) is 9.47 Å². The topological polar surface area (TPSA) is 52.6 Å². The van der Waals surface area contributed by atoms with Crippen LogP contribution in [-0.4, -0.2) is 25.0 Å². The first kappa shape index (κ1) is 16.0. The average Bonchev–Trinajstić information content (AvgIpc) is 3.05. The van der Waals surface area contributed by atoms with E-state index in [2.05, 4.69) is 0 Å². The minimum atomic E-state index is -0.839. The van der Waals surface area contributed by atoms with Gasteiger partial charge in [0, 0.05) is 16.5 Å². The van der Waals surface area contributed by atoms with Crippen molar-refractivity contribution in [1.29, 1.82) is 0 Å². The minimum Gasteiger partial charge on any atom is -0.497 e. The fourth-order valence-corrected chi connectivity index (χ4v) is 2.41. The van der Waals surface area contributed by atoms with Gasteiger partial charge in [0.25, 0.3) is 0 Å². The van der Waals surface area contributed by atoms with Crippen molar-refractivity contribution < 1.29 is 19.1 Å². The van der Waals surface area contributed by atoms with Gasteiger partial charge < -0.3 is 9.47 Å². The third-order valence-corrected chi connectivity index (χ3v) is 3.80. The quantitative estimate of drug-likeness (QED) is 0.464. The van der Waals surface area contributed by atoms with Gasteiger partial charge in [0.05, 0.1) is 7.11 Å². The average molecular weight is 316 g/mol. The van der Waals surface area contributed by atoms with Crippen LogP contribution in [0.2, 0.25) is 0 Å². The third kappa shape index (κ3) is 4.30. The number of carbonyl (C=O) groups is 2. The fourth-order valence-electron chi connectivity index (χ4n) is 1.79. The normalized spacial score (nSPS) is 12.1. The molecule has 1 heterocycles. The molecule has 0 amide bonds. The lowest BCUT2D eigenvalue weighted by Gasteiger charge is -2.11. The molecule has 0 saturated carbocycles. The maximum atomic E-state index is 12.2. The van der Waals surface area contributed by atoms with Crippen molar-refractivity contribution >= 4 is 29.2 Å². The molecule has 0 N–H and O–H groups in total.